The summed E-state index contributed by atoms with van der Waals surface area (Å²) in [6.07, 6.45) is 3.35. The zero-order valence-electron chi connectivity index (χ0n) is 27.7. The van der Waals surface area contributed by atoms with Crippen molar-refractivity contribution in [3.8, 4) is 0 Å². The fourth-order valence-corrected chi connectivity index (χ4v) is 7.82. The molecule has 0 aliphatic carbocycles. The van der Waals surface area contributed by atoms with E-state index in [2.05, 4.69) is 13.2 Å². The summed E-state index contributed by atoms with van der Waals surface area (Å²) < 4.78 is 12.9. The van der Waals surface area contributed by atoms with Gasteiger partial charge in [0.05, 0.1) is 47.3 Å². The lowest BCUT2D eigenvalue weighted by atomic mass is 9.70. The molecule has 5 rings (SSSR count). The van der Waals surface area contributed by atoms with E-state index in [0.29, 0.717) is 35.5 Å². The number of nitrogens with zero attached hydrogens (tertiary/aromatic N) is 3. The Kier molecular flexibility index (Phi) is 10.8. The van der Waals surface area contributed by atoms with Gasteiger partial charge in [-0.1, -0.05) is 66.2 Å². The molecule has 2 aromatic carbocycles. The van der Waals surface area contributed by atoms with Gasteiger partial charge in [0.15, 0.2) is 0 Å². The highest BCUT2D eigenvalue weighted by Crippen LogP contribution is 2.59. The number of amides is 3. The molecule has 48 heavy (non-hydrogen) atoms. The van der Waals surface area contributed by atoms with Crippen LogP contribution in [0.4, 0.5) is 5.69 Å². The molecule has 11 heteroatoms. The number of carbonyl (C=O) groups excluding carboxylic acids is 4. The summed E-state index contributed by atoms with van der Waals surface area (Å²) >= 11 is 6.53. The topological polar surface area (TPSA) is 117 Å². The van der Waals surface area contributed by atoms with Crippen LogP contribution < -0.4 is 4.90 Å². The molecule has 10 nitrogen and oxygen atoms in total. The normalized spacial score (nSPS) is 25.9. The molecule has 3 fully saturated rings. The fraction of sp³-hybridized carbons (Fsp3) is 0.459. The molecular weight excluding hydrogens is 634 g/mol. The van der Waals surface area contributed by atoms with Crippen LogP contribution in [-0.2, 0) is 28.7 Å². The molecule has 1 N–H and O–H groups in total. The third kappa shape index (κ3) is 6.17. The Balaban J connectivity index is 1.50. The van der Waals surface area contributed by atoms with E-state index in [1.165, 1.54) is 9.80 Å². The molecule has 0 saturated carbocycles. The first-order valence-electron chi connectivity index (χ1n) is 16.4. The molecule has 1 spiro atoms. The summed E-state index contributed by atoms with van der Waals surface area (Å²) in [5, 5.41) is 10.6. The van der Waals surface area contributed by atoms with Gasteiger partial charge in [-0.3, -0.25) is 19.2 Å². The number of halogens is 1. The van der Waals surface area contributed by atoms with Crippen LogP contribution in [0.25, 0.3) is 0 Å². The van der Waals surface area contributed by atoms with Crippen LogP contribution in [0.3, 0.4) is 0 Å². The number of likely N-dealkylation sites (tertiary alicyclic amines) is 1. The summed E-state index contributed by atoms with van der Waals surface area (Å²) in [6.45, 7) is 10.7. The number of fused-ring (bicyclic) bond motifs is 1. The van der Waals surface area contributed by atoms with Crippen molar-refractivity contribution in [2.24, 2.45) is 11.8 Å². The lowest BCUT2D eigenvalue weighted by Gasteiger charge is -2.38. The van der Waals surface area contributed by atoms with Crippen molar-refractivity contribution in [3.63, 3.8) is 0 Å². The van der Waals surface area contributed by atoms with Gasteiger partial charge in [-0.15, -0.1) is 13.2 Å². The van der Waals surface area contributed by atoms with Crippen molar-refractivity contribution in [3.05, 3.63) is 90.5 Å². The van der Waals surface area contributed by atoms with Gasteiger partial charge in [-0.2, -0.15) is 0 Å². The Labute approximate surface area is 286 Å². The number of rotatable bonds is 14. The maximum atomic E-state index is 14.6. The van der Waals surface area contributed by atoms with E-state index in [1.807, 2.05) is 37.3 Å². The largest absolute Gasteiger partial charge is 0.455 e. The van der Waals surface area contributed by atoms with Crippen molar-refractivity contribution in [1.82, 2.24) is 9.80 Å². The average Bonchev–Trinajstić information content (AvgIpc) is 3.75. The summed E-state index contributed by atoms with van der Waals surface area (Å²) in [7, 11) is 1.67. The van der Waals surface area contributed by atoms with Crippen LogP contribution in [0, 0.1) is 11.8 Å². The lowest BCUT2D eigenvalue weighted by molar-refractivity contribution is -0.165. The monoisotopic (exact) mass is 677 g/mol. The Bertz CT molecular complexity index is 1550. The molecular formula is C37H44ClN3O7. The summed E-state index contributed by atoms with van der Waals surface area (Å²) in [5.74, 6) is -3.65. The van der Waals surface area contributed by atoms with Gasteiger partial charge in [0.2, 0.25) is 11.8 Å². The van der Waals surface area contributed by atoms with Crippen LogP contribution >= 0.6 is 11.6 Å². The number of carbonyl (C=O) groups is 4. The number of aliphatic hydroxyl groups is 1. The van der Waals surface area contributed by atoms with Crippen LogP contribution in [0.5, 0.6) is 0 Å². The maximum absolute atomic E-state index is 14.6. The van der Waals surface area contributed by atoms with Crippen molar-refractivity contribution in [1.29, 1.82) is 0 Å². The second-order valence-corrected chi connectivity index (χ2v) is 13.3. The van der Waals surface area contributed by atoms with E-state index >= 15 is 0 Å². The van der Waals surface area contributed by atoms with E-state index < -0.39 is 72.2 Å². The van der Waals surface area contributed by atoms with Crippen LogP contribution in [0.1, 0.15) is 51.2 Å². The van der Waals surface area contributed by atoms with Crippen molar-refractivity contribution in [2.75, 3.05) is 25.1 Å². The highest BCUT2D eigenvalue weighted by molar-refractivity contribution is 6.34. The van der Waals surface area contributed by atoms with Gasteiger partial charge in [-0.25, -0.2) is 0 Å². The molecule has 3 aliphatic rings. The average molecular weight is 678 g/mol. The highest BCUT2D eigenvalue weighted by atomic mass is 35.5. The van der Waals surface area contributed by atoms with Crippen molar-refractivity contribution < 1.29 is 33.8 Å². The molecule has 3 aliphatic heterocycles. The van der Waals surface area contributed by atoms with Gasteiger partial charge >= 0.3 is 5.97 Å². The summed E-state index contributed by atoms with van der Waals surface area (Å²) in [4.78, 5) is 60.8. The molecule has 0 unspecified atom stereocenters. The van der Waals surface area contributed by atoms with Crippen molar-refractivity contribution in [2.45, 2.75) is 75.5 Å². The van der Waals surface area contributed by atoms with E-state index in [9.17, 15) is 24.3 Å². The van der Waals surface area contributed by atoms with Crippen LogP contribution in [0.15, 0.2) is 79.9 Å². The zero-order chi connectivity index (χ0) is 34.7. The highest BCUT2D eigenvalue weighted by Gasteiger charge is 2.75. The molecule has 3 heterocycles. The predicted octanol–water partition coefficient (Wildman–Crippen LogP) is 4.71. The summed E-state index contributed by atoms with van der Waals surface area (Å²) in [5.41, 5.74) is -0.178. The minimum Gasteiger partial charge on any atom is -0.455 e. The fourth-order valence-electron chi connectivity index (χ4n) is 7.58. The number of allylic oxidation sites excluding steroid dienone is 1. The van der Waals surface area contributed by atoms with E-state index in [1.54, 1.807) is 55.3 Å². The number of hydrogen-bond acceptors (Lipinski definition) is 7. The second kappa shape index (κ2) is 14.6. The number of hydrogen-bond donors (Lipinski definition) is 1. The van der Waals surface area contributed by atoms with Crippen molar-refractivity contribution >= 4 is 41.0 Å². The zero-order valence-corrected chi connectivity index (χ0v) is 28.4. The molecule has 8 atom stereocenters. The van der Waals surface area contributed by atoms with Gasteiger partial charge < -0.3 is 29.3 Å². The number of aliphatic hydroxyl groups excluding tert-OH is 1. The number of benzene rings is 2. The number of likely N-dealkylation sites (N-methyl/N-ethyl adjacent to an activating group) is 1. The first kappa shape index (κ1) is 35.3. The molecule has 0 radical (unpaired) electrons. The van der Waals surface area contributed by atoms with Gasteiger partial charge in [0.25, 0.3) is 5.91 Å². The predicted molar refractivity (Wildman–Crippen MR) is 182 cm³/mol. The Hall–Kier alpha value is -3.99. The number of anilines is 1. The SMILES string of the molecule is C=CCCC(=O)N(C)[C@@H](C)[C@@H](OC(=O)[C@@H]1[C@@H]2CC[C@]3(O2)[C@H](C(=O)N(CC=C)c2ccccc2Cl)N([C@H](C)CO)C(=O)[C@@H]13)c1ccccc1. The first-order chi connectivity index (χ1) is 23.0. The number of para-hydroxylation sites is 1. The van der Waals surface area contributed by atoms with Gasteiger partial charge in [0.1, 0.15) is 17.7 Å². The standard InChI is InChI=1S/C37H44ClN3O7/c1-6-8-18-29(43)39(5)24(4)32(25-14-10-9-11-15-25)47-36(46)30-28-19-20-37(48-28)31(30)34(44)41(23(3)22-42)33(37)35(45)40(21-7-2)27-17-13-12-16-26(27)38/h6-7,9-17,23-24,28,30-33,42H,1-2,8,18-22H2,3-5H3/t23-,24+,28+,30-,31-,32-,33+,37-/m1/s1. The smallest absolute Gasteiger partial charge is 0.313 e. The lowest BCUT2D eigenvalue weighted by Crippen LogP contribution is -2.58. The molecule has 0 aromatic heterocycles. The molecule has 2 aromatic rings. The number of esters is 1. The molecule has 2 bridgehead atoms. The molecule has 3 saturated heterocycles. The molecule has 256 valence electrons. The van der Waals surface area contributed by atoms with Crippen LogP contribution in [0.2, 0.25) is 5.02 Å². The van der Waals surface area contributed by atoms with Crippen LogP contribution in [-0.4, -0.2) is 88.6 Å². The minimum absolute atomic E-state index is 0.111. The van der Waals surface area contributed by atoms with E-state index in [-0.39, 0.29) is 18.9 Å². The van der Waals surface area contributed by atoms with E-state index in [0.717, 1.165) is 0 Å². The third-order valence-corrected chi connectivity index (χ3v) is 10.4. The van der Waals surface area contributed by atoms with Gasteiger partial charge in [-0.05, 0) is 50.8 Å². The number of ether oxygens (including phenoxy) is 2. The quantitative estimate of drug-likeness (QED) is 0.227. The molecule has 3 amide bonds. The Morgan fingerprint density at radius 3 is 2.46 bits per heavy atom. The van der Waals surface area contributed by atoms with Gasteiger partial charge in [0, 0.05) is 20.0 Å². The first-order valence-corrected chi connectivity index (χ1v) is 16.8. The Morgan fingerprint density at radius 1 is 1.12 bits per heavy atom. The Morgan fingerprint density at radius 2 is 1.81 bits per heavy atom. The maximum Gasteiger partial charge on any atom is 0.313 e. The minimum atomic E-state index is -1.32. The van der Waals surface area contributed by atoms with E-state index in [4.69, 9.17) is 21.1 Å². The second-order valence-electron chi connectivity index (χ2n) is 12.9. The summed E-state index contributed by atoms with van der Waals surface area (Å²) in [6, 6.07) is 13.7. The third-order valence-electron chi connectivity index (χ3n) is 10.1.